The molecule has 1 aromatic heterocycles. The first-order valence-electron chi connectivity index (χ1n) is 4.24. The molecule has 0 bridgehead atoms. The summed E-state index contributed by atoms with van der Waals surface area (Å²) in [5.74, 6) is 0.178. The molecule has 8 heteroatoms. The van der Waals surface area contributed by atoms with Crippen molar-refractivity contribution in [2.24, 2.45) is 5.73 Å². The van der Waals surface area contributed by atoms with Gasteiger partial charge in [-0.1, -0.05) is 5.21 Å². The molecule has 0 spiro atoms. The number of halogens is 1. The molecule has 0 fully saturated rings. The van der Waals surface area contributed by atoms with E-state index in [0.29, 0.717) is 5.82 Å². The Morgan fingerprint density at radius 3 is 2.60 bits per heavy atom. The molecule has 7 nitrogen and oxygen atoms in total. The lowest BCUT2D eigenvalue weighted by Crippen LogP contribution is -2.49. The van der Waals surface area contributed by atoms with E-state index in [4.69, 9.17) is 5.73 Å². The fraction of sp³-hybridized carbons (Fsp3) is 0.714. The van der Waals surface area contributed by atoms with Gasteiger partial charge in [0.2, 0.25) is 5.91 Å². The number of nitrogens with one attached hydrogen (secondary N) is 2. The summed E-state index contributed by atoms with van der Waals surface area (Å²) in [7, 11) is 0. The Kier molecular flexibility index (Phi) is 4.63. The second kappa shape index (κ2) is 5.04. The van der Waals surface area contributed by atoms with Crippen LogP contribution in [0.2, 0.25) is 0 Å². The van der Waals surface area contributed by atoms with E-state index in [-0.39, 0.29) is 24.4 Å². The monoisotopic (exact) mass is 234 g/mol. The molecule has 0 aromatic carbocycles. The van der Waals surface area contributed by atoms with Crippen molar-refractivity contribution < 1.29 is 4.79 Å². The number of carbonyl (C=O) groups is 1. The summed E-state index contributed by atoms with van der Waals surface area (Å²) in [4.78, 5) is 11.4. The molecule has 1 amide bonds. The fourth-order valence-corrected chi connectivity index (χ4v) is 0.800. The van der Waals surface area contributed by atoms with Gasteiger partial charge < -0.3 is 11.1 Å². The van der Waals surface area contributed by atoms with Crippen molar-refractivity contribution in [3.63, 3.8) is 0 Å². The number of aromatic nitrogens is 4. The molecule has 0 aliphatic rings. The van der Waals surface area contributed by atoms with Crippen LogP contribution < -0.4 is 11.1 Å². The first-order valence-corrected chi connectivity index (χ1v) is 4.24. The lowest BCUT2D eigenvalue weighted by molar-refractivity contribution is -0.125. The van der Waals surface area contributed by atoms with Crippen LogP contribution in [0.25, 0.3) is 0 Å². The van der Waals surface area contributed by atoms with Crippen molar-refractivity contribution in [2.45, 2.75) is 32.4 Å². The molecule has 0 aliphatic heterocycles. The van der Waals surface area contributed by atoms with Crippen LogP contribution >= 0.6 is 12.4 Å². The number of H-pyrrole nitrogens is 1. The first kappa shape index (κ1) is 13.8. The van der Waals surface area contributed by atoms with E-state index < -0.39 is 5.54 Å². The minimum absolute atomic E-state index is 0. The number of nitrogens with two attached hydrogens (primary N) is 1. The zero-order chi connectivity index (χ0) is 10.8. The smallest absolute Gasteiger partial charge is 0.240 e. The highest BCUT2D eigenvalue weighted by Gasteiger charge is 2.24. The fourth-order valence-electron chi connectivity index (χ4n) is 0.800. The summed E-state index contributed by atoms with van der Waals surface area (Å²) >= 11 is 0. The Balaban J connectivity index is 0.00000196. The topological polar surface area (TPSA) is 110 Å². The van der Waals surface area contributed by atoms with Gasteiger partial charge in [0.25, 0.3) is 0 Å². The van der Waals surface area contributed by atoms with Crippen LogP contribution in [0.1, 0.15) is 32.6 Å². The third-order valence-corrected chi connectivity index (χ3v) is 1.68. The van der Waals surface area contributed by atoms with Crippen molar-refractivity contribution in [3.8, 4) is 0 Å². The minimum atomic E-state index is -0.905. The van der Waals surface area contributed by atoms with Gasteiger partial charge in [-0.3, -0.25) is 4.79 Å². The third-order valence-electron chi connectivity index (χ3n) is 1.68. The van der Waals surface area contributed by atoms with Crippen molar-refractivity contribution in [1.82, 2.24) is 25.9 Å². The van der Waals surface area contributed by atoms with Gasteiger partial charge in [-0.15, -0.1) is 22.6 Å². The average Bonchev–Trinajstić information content (AvgIpc) is 2.53. The molecule has 0 saturated heterocycles. The molecule has 1 heterocycles. The standard InChI is InChI=1S/C7H14N6O.ClH/c1-4(5-10-12-13-11-5)9-6(14)7(2,3)8;/h4H,8H2,1-3H3,(H,9,14)(H,10,11,12,13);1H. The molecular weight excluding hydrogens is 220 g/mol. The number of hydrogen-bond acceptors (Lipinski definition) is 5. The lowest BCUT2D eigenvalue weighted by Gasteiger charge is -2.20. The molecule has 0 radical (unpaired) electrons. The molecule has 1 aromatic rings. The van der Waals surface area contributed by atoms with Gasteiger partial charge in [-0.2, -0.15) is 5.21 Å². The molecule has 86 valence electrons. The number of aromatic amines is 1. The number of carbonyl (C=O) groups excluding carboxylic acids is 1. The predicted molar refractivity (Wildman–Crippen MR) is 56.2 cm³/mol. The van der Waals surface area contributed by atoms with Gasteiger partial charge in [-0.25, -0.2) is 0 Å². The number of rotatable bonds is 3. The van der Waals surface area contributed by atoms with E-state index in [1.54, 1.807) is 20.8 Å². The van der Waals surface area contributed by atoms with Crippen LogP contribution in [-0.2, 0) is 4.79 Å². The Morgan fingerprint density at radius 2 is 2.20 bits per heavy atom. The average molecular weight is 235 g/mol. The lowest BCUT2D eigenvalue weighted by atomic mass is 10.1. The Hall–Kier alpha value is -1.21. The Morgan fingerprint density at radius 1 is 1.60 bits per heavy atom. The van der Waals surface area contributed by atoms with E-state index in [0.717, 1.165) is 0 Å². The number of hydrogen-bond donors (Lipinski definition) is 3. The number of nitrogens with zero attached hydrogens (tertiary/aromatic N) is 3. The van der Waals surface area contributed by atoms with Gasteiger partial charge in [0.1, 0.15) is 0 Å². The van der Waals surface area contributed by atoms with Crippen LogP contribution in [0.3, 0.4) is 0 Å². The van der Waals surface area contributed by atoms with E-state index in [1.165, 1.54) is 0 Å². The van der Waals surface area contributed by atoms with E-state index in [1.807, 2.05) is 0 Å². The molecule has 15 heavy (non-hydrogen) atoms. The van der Waals surface area contributed by atoms with Crippen LogP contribution in [-0.4, -0.2) is 32.1 Å². The highest BCUT2D eigenvalue weighted by molar-refractivity contribution is 5.85. The molecule has 0 saturated carbocycles. The van der Waals surface area contributed by atoms with Crippen molar-refractivity contribution in [3.05, 3.63) is 5.82 Å². The minimum Gasteiger partial charge on any atom is -0.345 e. The SMILES string of the molecule is CC(NC(=O)C(C)(C)N)c1nn[nH]n1.Cl. The van der Waals surface area contributed by atoms with Gasteiger partial charge >= 0.3 is 0 Å². The summed E-state index contributed by atoms with van der Waals surface area (Å²) in [5.41, 5.74) is 4.70. The van der Waals surface area contributed by atoms with Crippen molar-refractivity contribution in [2.75, 3.05) is 0 Å². The number of amides is 1. The molecule has 0 aliphatic carbocycles. The third kappa shape index (κ3) is 3.80. The Labute approximate surface area is 93.6 Å². The number of tetrazole rings is 1. The van der Waals surface area contributed by atoms with Crippen LogP contribution in [0.15, 0.2) is 0 Å². The summed E-state index contributed by atoms with van der Waals surface area (Å²) in [6.07, 6.45) is 0. The Bertz CT molecular complexity index is 306. The van der Waals surface area contributed by atoms with Gasteiger partial charge in [0, 0.05) is 0 Å². The quantitative estimate of drug-likeness (QED) is 0.655. The normalized spacial score (nSPS) is 12.8. The van der Waals surface area contributed by atoms with Crippen molar-refractivity contribution in [1.29, 1.82) is 0 Å². The first-order chi connectivity index (χ1) is 6.41. The summed E-state index contributed by atoms with van der Waals surface area (Å²) in [6.45, 7) is 5.02. The second-order valence-electron chi connectivity index (χ2n) is 3.69. The van der Waals surface area contributed by atoms with E-state index in [2.05, 4.69) is 25.9 Å². The van der Waals surface area contributed by atoms with Crippen molar-refractivity contribution >= 4 is 18.3 Å². The zero-order valence-corrected chi connectivity index (χ0v) is 9.63. The van der Waals surface area contributed by atoms with Gasteiger partial charge in [0.05, 0.1) is 11.6 Å². The van der Waals surface area contributed by atoms with Gasteiger partial charge in [0.15, 0.2) is 5.82 Å². The summed E-state index contributed by atoms with van der Waals surface area (Å²) in [5, 5.41) is 15.9. The van der Waals surface area contributed by atoms with Crippen LogP contribution in [0, 0.1) is 0 Å². The maximum Gasteiger partial charge on any atom is 0.240 e. The molecule has 1 atom stereocenters. The maximum absolute atomic E-state index is 11.4. The largest absolute Gasteiger partial charge is 0.345 e. The maximum atomic E-state index is 11.4. The van der Waals surface area contributed by atoms with Crippen LogP contribution in [0.4, 0.5) is 0 Å². The molecule has 4 N–H and O–H groups in total. The highest BCUT2D eigenvalue weighted by atomic mass is 35.5. The van der Waals surface area contributed by atoms with Crippen LogP contribution in [0.5, 0.6) is 0 Å². The predicted octanol–water partition coefficient (Wildman–Crippen LogP) is -0.464. The zero-order valence-electron chi connectivity index (χ0n) is 8.81. The van der Waals surface area contributed by atoms with E-state index >= 15 is 0 Å². The summed E-state index contributed by atoms with van der Waals surface area (Å²) in [6, 6.07) is -0.302. The molecular formula is C7H15ClN6O. The summed E-state index contributed by atoms with van der Waals surface area (Å²) < 4.78 is 0. The van der Waals surface area contributed by atoms with E-state index in [9.17, 15) is 4.79 Å². The highest BCUT2D eigenvalue weighted by Crippen LogP contribution is 2.05. The molecule has 1 unspecified atom stereocenters. The van der Waals surface area contributed by atoms with Gasteiger partial charge in [-0.05, 0) is 20.8 Å². The second-order valence-corrected chi connectivity index (χ2v) is 3.69. The molecule has 1 rings (SSSR count).